The topological polar surface area (TPSA) is 59.0 Å². The minimum atomic E-state index is -1.000. The van der Waals surface area contributed by atoms with Crippen molar-refractivity contribution in [1.82, 2.24) is 4.90 Å². The van der Waals surface area contributed by atoms with Gasteiger partial charge in [0.05, 0.1) is 18.8 Å². The van der Waals surface area contributed by atoms with Crippen LogP contribution in [0.1, 0.15) is 11.1 Å². The quantitative estimate of drug-likeness (QED) is 0.580. The zero-order valence-electron chi connectivity index (χ0n) is 14.9. The summed E-state index contributed by atoms with van der Waals surface area (Å²) in [6.07, 6.45) is 1.60. The lowest BCUT2D eigenvalue weighted by atomic mass is 10.0. The Morgan fingerprint density at radius 1 is 1.19 bits per heavy atom. The second-order valence-electron chi connectivity index (χ2n) is 6.21. The predicted molar refractivity (Wildman–Crippen MR) is 106 cm³/mol. The molecular weight excluding hydrogens is 366 g/mol. The predicted octanol–water partition coefficient (Wildman–Crippen LogP) is 3.68. The number of hydrogen-bond acceptors (Lipinski definition) is 4. The van der Waals surface area contributed by atoms with Crippen LogP contribution in [0, 0.1) is 0 Å². The number of ether oxygens (including phenoxy) is 2. The van der Waals surface area contributed by atoms with Crippen LogP contribution in [0.2, 0.25) is 5.02 Å². The van der Waals surface area contributed by atoms with Gasteiger partial charge >= 0.3 is 5.97 Å². The molecule has 2 aromatic carbocycles. The first-order valence-corrected chi connectivity index (χ1v) is 9.24. The fourth-order valence-corrected chi connectivity index (χ4v) is 3.10. The van der Waals surface area contributed by atoms with E-state index < -0.39 is 5.97 Å². The van der Waals surface area contributed by atoms with E-state index in [1.165, 1.54) is 0 Å². The molecule has 142 valence electrons. The summed E-state index contributed by atoms with van der Waals surface area (Å²) in [5.74, 6) is -0.386. The maximum Gasteiger partial charge on any atom is 0.336 e. The molecule has 6 heteroatoms. The van der Waals surface area contributed by atoms with E-state index in [0.717, 1.165) is 32.8 Å². The lowest BCUT2D eigenvalue weighted by molar-refractivity contribution is -0.130. The third-order valence-electron chi connectivity index (χ3n) is 4.36. The van der Waals surface area contributed by atoms with E-state index in [-0.39, 0.29) is 5.57 Å². The van der Waals surface area contributed by atoms with E-state index in [1.54, 1.807) is 36.4 Å². The molecule has 27 heavy (non-hydrogen) atoms. The van der Waals surface area contributed by atoms with Crippen molar-refractivity contribution < 1.29 is 19.4 Å². The lowest BCUT2D eigenvalue weighted by Crippen LogP contribution is -2.38. The molecule has 0 aliphatic carbocycles. The second kappa shape index (κ2) is 9.55. The highest BCUT2D eigenvalue weighted by Crippen LogP contribution is 2.28. The van der Waals surface area contributed by atoms with Gasteiger partial charge in [0.25, 0.3) is 0 Å². The Kier molecular flexibility index (Phi) is 6.87. The van der Waals surface area contributed by atoms with Gasteiger partial charge in [-0.1, -0.05) is 41.9 Å². The largest absolute Gasteiger partial charge is 0.492 e. The Labute approximate surface area is 163 Å². The minimum absolute atomic E-state index is 0.191. The molecule has 1 fully saturated rings. The molecule has 1 N–H and O–H groups in total. The van der Waals surface area contributed by atoms with Crippen molar-refractivity contribution in [2.75, 3.05) is 39.5 Å². The smallest absolute Gasteiger partial charge is 0.336 e. The number of carboxylic acid groups (broad SMARTS) is 1. The van der Waals surface area contributed by atoms with E-state index in [0.29, 0.717) is 28.5 Å². The summed E-state index contributed by atoms with van der Waals surface area (Å²) in [6, 6.07) is 14.2. The molecule has 0 atom stereocenters. The molecule has 1 saturated heterocycles. The standard InChI is InChI=1S/C21H22ClNO4/c22-18-6-7-20(27-13-10-23-8-11-26-12-9-23)17(14-18)15-19(21(24)25)16-4-2-1-3-5-16/h1-7,14-15H,8-13H2,(H,24,25)/b19-15-. The maximum absolute atomic E-state index is 11.8. The monoisotopic (exact) mass is 387 g/mol. The number of carboxylic acids is 1. The van der Waals surface area contributed by atoms with Crippen molar-refractivity contribution in [2.24, 2.45) is 0 Å². The summed E-state index contributed by atoms with van der Waals surface area (Å²) in [7, 11) is 0. The molecule has 1 aliphatic heterocycles. The van der Waals surface area contributed by atoms with Crippen LogP contribution in [0.5, 0.6) is 5.75 Å². The summed E-state index contributed by atoms with van der Waals surface area (Å²) in [4.78, 5) is 14.0. The molecule has 0 spiro atoms. The van der Waals surface area contributed by atoms with E-state index in [1.807, 2.05) is 18.2 Å². The molecule has 5 nitrogen and oxygen atoms in total. The van der Waals surface area contributed by atoms with Crippen LogP contribution in [0.25, 0.3) is 11.6 Å². The van der Waals surface area contributed by atoms with E-state index in [4.69, 9.17) is 21.1 Å². The van der Waals surface area contributed by atoms with Gasteiger partial charge < -0.3 is 14.6 Å². The van der Waals surface area contributed by atoms with Crippen molar-refractivity contribution in [1.29, 1.82) is 0 Å². The van der Waals surface area contributed by atoms with Crippen molar-refractivity contribution >= 4 is 29.2 Å². The molecule has 0 amide bonds. The zero-order valence-corrected chi connectivity index (χ0v) is 15.7. The highest BCUT2D eigenvalue weighted by atomic mass is 35.5. The molecule has 0 aromatic heterocycles. The number of aliphatic carboxylic acids is 1. The van der Waals surface area contributed by atoms with Gasteiger partial charge in [-0.3, -0.25) is 4.90 Å². The molecule has 1 heterocycles. The first-order chi connectivity index (χ1) is 13.1. The molecular formula is C21H22ClNO4. The van der Waals surface area contributed by atoms with Crippen molar-refractivity contribution in [3.8, 4) is 5.75 Å². The summed E-state index contributed by atoms with van der Waals surface area (Å²) in [6.45, 7) is 4.58. The SMILES string of the molecule is O=C(O)/C(=C\c1cc(Cl)ccc1OCCN1CCOCC1)c1ccccc1. The average molecular weight is 388 g/mol. The Morgan fingerprint density at radius 3 is 2.63 bits per heavy atom. The van der Waals surface area contributed by atoms with Crippen LogP contribution in [0.15, 0.2) is 48.5 Å². The Bertz CT molecular complexity index is 801. The molecule has 1 aliphatic rings. The molecule has 0 saturated carbocycles. The average Bonchev–Trinajstić information content (AvgIpc) is 2.69. The first-order valence-electron chi connectivity index (χ1n) is 8.86. The highest BCUT2D eigenvalue weighted by molar-refractivity contribution is 6.31. The van der Waals surface area contributed by atoms with Crippen LogP contribution >= 0.6 is 11.6 Å². The fraction of sp³-hybridized carbons (Fsp3) is 0.286. The third-order valence-corrected chi connectivity index (χ3v) is 4.59. The lowest BCUT2D eigenvalue weighted by Gasteiger charge is -2.26. The molecule has 0 bridgehead atoms. The van der Waals surface area contributed by atoms with Crippen LogP contribution in [-0.2, 0) is 9.53 Å². The summed E-state index contributed by atoms with van der Waals surface area (Å²) >= 11 is 6.13. The number of rotatable bonds is 7. The zero-order chi connectivity index (χ0) is 19.1. The van der Waals surface area contributed by atoms with Gasteiger partial charge in [-0.15, -0.1) is 0 Å². The Morgan fingerprint density at radius 2 is 1.93 bits per heavy atom. The van der Waals surface area contributed by atoms with Gasteiger partial charge in [-0.05, 0) is 29.8 Å². The summed E-state index contributed by atoms with van der Waals surface area (Å²) in [5.41, 5.74) is 1.46. The van der Waals surface area contributed by atoms with Gasteiger partial charge in [-0.2, -0.15) is 0 Å². The number of nitrogens with zero attached hydrogens (tertiary/aromatic N) is 1. The number of carbonyl (C=O) groups is 1. The molecule has 3 rings (SSSR count). The van der Waals surface area contributed by atoms with Gasteiger partial charge in [0, 0.05) is 30.2 Å². The van der Waals surface area contributed by atoms with Gasteiger partial charge in [0.2, 0.25) is 0 Å². The van der Waals surface area contributed by atoms with Crippen LogP contribution in [0.4, 0.5) is 0 Å². The van der Waals surface area contributed by atoms with E-state index >= 15 is 0 Å². The highest BCUT2D eigenvalue weighted by Gasteiger charge is 2.14. The molecule has 2 aromatic rings. The van der Waals surface area contributed by atoms with Crippen LogP contribution in [0.3, 0.4) is 0 Å². The molecule has 0 unspecified atom stereocenters. The van der Waals surface area contributed by atoms with E-state index in [2.05, 4.69) is 4.90 Å². The minimum Gasteiger partial charge on any atom is -0.492 e. The normalized spacial score (nSPS) is 15.5. The van der Waals surface area contributed by atoms with Gasteiger partial charge in [0.15, 0.2) is 0 Å². The van der Waals surface area contributed by atoms with Crippen LogP contribution < -0.4 is 4.74 Å². The fourth-order valence-electron chi connectivity index (χ4n) is 2.91. The van der Waals surface area contributed by atoms with Crippen molar-refractivity contribution in [3.63, 3.8) is 0 Å². The first kappa shape index (κ1) is 19.4. The third kappa shape index (κ3) is 5.57. The summed E-state index contributed by atoms with van der Waals surface area (Å²) < 4.78 is 11.3. The second-order valence-corrected chi connectivity index (χ2v) is 6.65. The van der Waals surface area contributed by atoms with Gasteiger partial charge in [-0.25, -0.2) is 4.79 Å². The Hall–Kier alpha value is -2.34. The summed E-state index contributed by atoms with van der Waals surface area (Å²) in [5, 5.41) is 10.2. The van der Waals surface area contributed by atoms with E-state index in [9.17, 15) is 9.90 Å². The van der Waals surface area contributed by atoms with Crippen molar-refractivity contribution in [3.05, 3.63) is 64.7 Å². The van der Waals surface area contributed by atoms with Gasteiger partial charge in [0.1, 0.15) is 12.4 Å². The number of benzene rings is 2. The van der Waals surface area contributed by atoms with Crippen LogP contribution in [-0.4, -0.2) is 55.4 Å². The number of morpholine rings is 1. The molecule has 0 radical (unpaired) electrons. The number of hydrogen-bond donors (Lipinski definition) is 1. The number of halogens is 1. The maximum atomic E-state index is 11.8. The van der Waals surface area contributed by atoms with Crippen molar-refractivity contribution in [2.45, 2.75) is 0 Å². The Balaban J connectivity index is 1.79.